The van der Waals surface area contributed by atoms with Gasteiger partial charge in [0.05, 0.1) is 12.2 Å². The van der Waals surface area contributed by atoms with Crippen LogP contribution in [0.1, 0.15) is 18.1 Å². The minimum Gasteiger partial charge on any atom is -0.271 e. The van der Waals surface area contributed by atoms with Crippen LogP contribution >= 0.6 is 0 Å². The van der Waals surface area contributed by atoms with E-state index in [0.717, 1.165) is 29.0 Å². The van der Waals surface area contributed by atoms with E-state index in [1.165, 1.54) is 16.6 Å². The molecule has 0 aliphatic carbocycles. The molecular formula is C19H16F2N4O2. The van der Waals surface area contributed by atoms with Gasteiger partial charge in [0.2, 0.25) is 0 Å². The summed E-state index contributed by atoms with van der Waals surface area (Å²) in [5.41, 5.74) is 2.11. The van der Waals surface area contributed by atoms with Gasteiger partial charge >= 0.3 is 0 Å². The van der Waals surface area contributed by atoms with Crippen molar-refractivity contribution in [3.8, 4) is 0 Å². The van der Waals surface area contributed by atoms with Crippen molar-refractivity contribution in [3.05, 3.63) is 65.2 Å². The van der Waals surface area contributed by atoms with Gasteiger partial charge in [-0.15, -0.1) is 0 Å². The Morgan fingerprint density at radius 1 is 0.963 bits per heavy atom. The van der Waals surface area contributed by atoms with Gasteiger partial charge in [-0.1, -0.05) is 36.4 Å². The second kappa shape index (κ2) is 6.53. The molecule has 8 heteroatoms. The molecule has 2 atom stereocenters. The minimum atomic E-state index is -1.13. The van der Waals surface area contributed by atoms with Gasteiger partial charge in [-0.25, -0.2) is 13.7 Å². The molecule has 4 rings (SSSR count). The normalized spacial score (nSPS) is 21.3. The van der Waals surface area contributed by atoms with Crippen LogP contribution in [0, 0.1) is 11.6 Å². The molecule has 0 N–H and O–H groups in total. The number of hydrogen-bond acceptors (Lipinski definition) is 5. The fourth-order valence-electron chi connectivity index (χ4n) is 3.30. The molecule has 0 aromatic heterocycles. The third kappa shape index (κ3) is 2.87. The maximum Gasteiger partial charge on any atom is 0.263 e. The zero-order valence-corrected chi connectivity index (χ0v) is 14.5. The molecule has 0 radical (unpaired) electrons. The number of fused-ring (bicyclic) bond motifs is 1. The van der Waals surface area contributed by atoms with E-state index in [1.807, 2.05) is 24.3 Å². The van der Waals surface area contributed by atoms with Crippen molar-refractivity contribution in [2.75, 3.05) is 4.90 Å². The van der Waals surface area contributed by atoms with Crippen molar-refractivity contribution in [1.82, 2.24) is 5.01 Å². The Hall–Kier alpha value is -3.16. The van der Waals surface area contributed by atoms with Gasteiger partial charge in [0.25, 0.3) is 11.8 Å². The lowest BCUT2D eigenvalue weighted by atomic mass is 10.1. The van der Waals surface area contributed by atoms with Crippen molar-refractivity contribution in [3.63, 3.8) is 0 Å². The molecule has 2 amide bonds. The highest BCUT2D eigenvalue weighted by atomic mass is 19.2. The van der Waals surface area contributed by atoms with Crippen LogP contribution in [-0.2, 0) is 22.6 Å². The smallest absolute Gasteiger partial charge is 0.263 e. The van der Waals surface area contributed by atoms with Crippen molar-refractivity contribution < 1.29 is 18.4 Å². The molecule has 0 saturated carbocycles. The zero-order valence-electron chi connectivity index (χ0n) is 14.5. The van der Waals surface area contributed by atoms with Crippen LogP contribution in [0.15, 0.2) is 52.8 Å². The monoisotopic (exact) mass is 370 g/mol. The highest BCUT2D eigenvalue weighted by Gasteiger charge is 2.54. The summed E-state index contributed by atoms with van der Waals surface area (Å²) in [6.07, 6.45) is 0.921. The Balaban J connectivity index is 1.58. The number of imide groups is 1. The Bertz CT molecular complexity index is 945. The van der Waals surface area contributed by atoms with Gasteiger partial charge < -0.3 is 0 Å². The topological polar surface area (TPSA) is 65.3 Å². The van der Waals surface area contributed by atoms with Crippen molar-refractivity contribution in [1.29, 1.82) is 0 Å². The predicted molar refractivity (Wildman–Crippen MR) is 92.6 cm³/mol. The number of hydrogen-bond donors (Lipinski definition) is 0. The van der Waals surface area contributed by atoms with Crippen LogP contribution in [0.5, 0.6) is 0 Å². The summed E-state index contributed by atoms with van der Waals surface area (Å²) in [7, 11) is 0. The summed E-state index contributed by atoms with van der Waals surface area (Å²) in [5, 5.41) is 9.37. The number of nitrogens with zero attached hydrogens (tertiary/aromatic N) is 4. The summed E-state index contributed by atoms with van der Waals surface area (Å²) in [4.78, 5) is 26.3. The molecule has 2 aliphatic heterocycles. The molecule has 0 unspecified atom stereocenters. The number of carbonyl (C=O) groups is 2. The second-order valence-electron chi connectivity index (χ2n) is 6.47. The summed E-state index contributed by atoms with van der Waals surface area (Å²) in [6.45, 7) is 2.38. The Kier molecular flexibility index (Phi) is 4.18. The van der Waals surface area contributed by atoms with Crippen molar-refractivity contribution >= 4 is 17.5 Å². The third-order valence-electron chi connectivity index (χ3n) is 4.80. The van der Waals surface area contributed by atoms with Crippen LogP contribution in [0.4, 0.5) is 14.5 Å². The SMILES string of the molecule is CCc1ccc(CN2N=N[C@@H]3C(=O)N(c4ccc(F)c(F)c4)C(=O)[C@@H]32)cc1. The van der Waals surface area contributed by atoms with Crippen molar-refractivity contribution in [2.24, 2.45) is 10.3 Å². The average Bonchev–Trinajstić information content (AvgIpc) is 3.18. The average molecular weight is 370 g/mol. The summed E-state index contributed by atoms with van der Waals surface area (Å²) in [6, 6.07) is 8.93. The molecular weight excluding hydrogens is 354 g/mol. The van der Waals surface area contributed by atoms with E-state index in [0.29, 0.717) is 6.54 Å². The zero-order chi connectivity index (χ0) is 19.1. The highest BCUT2D eigenvalue weighted by molar-refractivity contribution is 6.25. The number of carbonyl (C=O) groups excluding carboxylic acids is 2. The Morgan fingerprint density at radius 2 is 1.67 bits per heavy atom. The van der Waals surface area contributed by atoms with E-state index in [2.05, 4.69) is 17.3 Å². The lowest BCUT2D eigenvalue weighted by Gasteiger charge is -2.20. The quantitative estimate of drug-likeness (QED) is 0.777. The van der Waals surface area contributed by atoms with Crippen LogP contribution in [-0.4, -0.2) is 28.9 Å². The summed E-state index contributed by atoms with van der Waals surface area (Å²) < 4.78 is 26.7. The van der Waals surface area contributed by atoms with E-state index in [1.54, 1.807) is 0 Å². The van der Waals surface area contributed by atoms with Gasteiger partial charge in [-0.3, -0.25) is 14.6 Å². The van der Waals surface area contributed by atoms with Gasteiger partial charge in [0.1, 0.15) is 0 Å². The predicted octanol–water partition coefficient (Wildman–Crippen LogP) is 3.02. The number of benzene rings is 2. The number of anilines is 1. The summed E-state index contributed by atoms with van der Waals surface area (Å²) >= 11 is 0. The molecule has 27 heavy (non-hydrogen) atoms. The number of aryl methyl sites for hydroxylation is 1. The van der Waals surface area contributed by atoms with Crippen LogP contribution in [0.25, 0.3) is 0 Å². The van der Waals surface area contributed by atoms with Crippen LogP contribution in [0.2, 0.25) is 0 Å². The largest absolute Gasteiger partial charge is 0.271 e. The Morgan fingerprint density at radius 3 is 2.33 bits per heavy atom. The first kappa shape index (κ1) is 17.3. The van der Waals surface area contributed by atoms with E-state index >= 15 is 0 Å². The van der Waals surface area contributed by atoms with Crippen LogP contribution in [0.3, 0.4) is 0 Å². The first-order chi connectivity index (χ1) is 13.0. The first-order valence-electron chi connectivity index (χ1n) is 8.57. The fraction of sp³-hybridized carbons (Fsp3) is 0.263. The number of amides is 2. The van der Waals surface area contributed by atoms with E-state index in [9.17, 15) is 18.4 Å². The molecule has 1 saturated heterocycles. The van der Waals surface area contributed by atoms with Gasteiger partial charge in [-0.2, -0.15) is 5.11 Å². The van der Waals surface area contributed by atoms with Gasteiger partial charge in [0, 0.05) is 6.07 Å². The molecule has 138 valence electrons. The lowest BCUT2D eigenvalue weighted by molar-refractivity contribution is -0.123. The van der Waals surface area contributed by atoms with Gasteiger partial charge in [0.15, 0.2) is 23.7 Å². The first-order valence-corrected chi connectivity index (χ1v) is 8.57. The summed E-state index contributed by atoms with van der Waals surface area (Å²) in [5.74, 6) is -3.32. The molecule has 2 aromatic carbocycles. The molecule has 2 aliphatic rings. The third-order valence-corrected chi connectivity index (χ3v) is 4.80. The Labute approximate surface area is 154 Å². The molecule has 0 bridgehead atoms. The number of halogens is 2. The number of rotatable bonds is 4. The minimum absolute atomic E-state index is 0.0132. The van der Waals surface area contributed by atoms with Gasteiger partial charge in [-0.05, 0) is 29.7 Å². The fourth-order valence-corrected chi connectivity index (χ4v) is 3.30. The maximum absolute atomic E-state index is 13.5. The lowest BCUT2D eigenvalue weighted by Crippen LogP contribution is -2.39. The van der Waals surface area contributed by atoms with Crippen molar-refractivity contribution in [2.45, 2.75) is 32.0 Å². The van der Waals surface area contributed by atoms with Crippen LogP contribution < -0.4 is 4.90 Å². The second-order valence-corrected chi connectivity index (χ2v) is 6.47. The standard InChI is InChI=1S/C19H16F2N4O2/c1-2-11-3-5-12(6-4-11)10-24-17-16(22-23-24)18(26)25(19(17)27)13-7-8-14(20)15(21)9-13/h3-9,16-17H,2,10H2,1H3/t16-,17+/m0/s1. The molecule has 6 nitrogen and oxygen atoms in total. The molecule has 0 spiro atoms. The molecule has 1 fully saturated rings. The van der Waals surface area contributed by atoms with E-state index < -0.39 is 35.5 Å². The van der Waals surface area contributed by atoms with E-state index in [4.69, 9.17) is 0 Å². The molecule has 2 aromatic rings. The highest BCUT2D eigenvalue weighted by Crippen LogP contribution is 2.33. The maximum atomic E-state index is 13.5. The molecule has 2 heterocycles. The van der Waals surface area contributed by atoms with E-state index in [-0.39, 0.29) is 5.69 Å².